The summed E-state index contributed by atoms with van der Waals surface area (Å²) in [4.78, 5) is 23.4. The van der Waals surface area contributed by atoms with E-state index in [1.807, 2.05) is 34.6 Å². The van der Waals surface area contributed by atoms with Crippen molar-refractivity contribution in [2.75, 3.05) is 6.54 Å². The molecule has 0 fully saturated rings. The second kappa shape index (κ2) is 8.94. The van der Waals surface area contributed by atoms with Crippen LogP contribution in [-0.4, -0.2) is 24.4 Å². The smallest absolute Gasteiger partial charge is 0.225 e. The third-order valence-corrected chi connectivity index (χ3v) is 3.67. The Morgan fingerprint density at radius 3 is 2.16 bits per heavy atom. The molecule has 0 radical (unpaired) electrons. The summed E-state index contributed by atoms with van der Waals surface area (Å²) in [5.74, 6) is 0.220. The zero-order chi connectivity index (χ0) is 14.9. The summed E-state index contributed by atoms with van der Waals surface area (Å²) in [6.45, 7) is 10.6. The van der Waals surface area contributed by atoms with Crippen LogP contribution >= 0.6 is 0 Å². The molecule has 0 aromatic rings. The van der Waals surface area contributed by atoms with Crippen LogP contribution in [-0.2, 0) is 9.59 Å². The highest BCUT2D eigenvalue weighted by molar-refractivity contribution is 5.82. The minimum Gasteiger partial charge on any atom is -0.356 e. The average Bonchev–Trinajstić information content (AvgIpc) is 2.36. The highest BCUT2D eigenvalue weighted by atomic mass is 16.2. The topological polar surface area (TPSA) is 58.2 Å². The molecule has 0 aromatic carbocycles. The number of nitrogens with one attached hydrogen (secondary N) is 2. The van der Waals surface area contributed by atoms with E-state index in [0.29, 0.717) is 13.0 Å². The van der Waals surface area contributed by atoms with E-state index in [4.69, 9.17) is 0 Å². The number of carbonyl (C=O) groups excluding carboxylic acids is 2. The molecule has 112 valence electrons. The van der Waals surface area contributed by atoms with Gasteiger partial charge in [-0.15, -0.1) is 0 Å². The minimum absolute atomic E-state index is 0.0910. The van der Waals surface area contributed by atoms with Crippen molar-refractivity contribution in [3.8, 4) is 0 Å². The molecule has 2 N–H and O–H groups in total. The fourth-order valence-electron chi connectivity index (χ4n) is 1.79. The van der Waals surface area contributed by atoms with Gasteiger partial charge in [0.1, 0.15) is 0 Å². The summed E-state index contributed by atoms with van der Waals surface area (Å²) < 4.78 is 0. The van der Waals surface area contributed by atoms with E-state index in [0.717, 1.165) is 25.7 Å². The first-order valence-electron chi connectivity index (χ1n) is 7.43. The molecule has 0 saturated heterocycles. The lowest BCUT2D eigenvalue weighted by Gasteiger charge is -2.25. The fourth-order valence-corrected chi connectivity index (χ4v) is 1.79. The van der Waals surface area contributed by atoms with Crippen LogP contribution < -0.4 is 10.6 Å². The van der Waals surface area contributed by atoms with Gasteiger partial charge in [-0.3, -0.25) is 9.59 Å². The molecule has 19 heavy (non-hydrogen) atoms. The predicted octanol–water partition coefficient (Wildman–Crippen LogP) is 2.62. The Labute approximate surface area is 117 Å². The van der Waals surface area contributed by atoms with Crippen molar-refractivity contribution in [2.24, 2.45) is 5.41 Å². The number of carbonyl (C=O) groups is 2. The Balaban J connectivity index is 3.76. The van der Waals surface area contributed by atoms with Crippen molar-refractivity contribution in [3.63, 3.8) is 0 Å². The van der Waals surface area contributed by atoms with E-state index in [2.05, 4.69) is 10.6 Å². The number of unbranched alkanes of at least 4 members (excludes halogenated alkanes) is 1. The molecule has 0 saturated carbocycles. The van der Waals surface area contributed by atoms with Crippen LogP contribution in [0.5, 0.6) is 0 Å². The largest absolute Gasteiger partial charge is 0.356 e. The number of amides is 2. The van der Waals surface area contributed by atoms with Crippen LogP contribution in [0.4, 0.5) is 0 Å². The standard InChI is InChI=1S/C15H30N2O2/c1-6-15(5,7-2)14(19)16-11-9-8-10-13(18)17-12(3)4/h12H,6-11H2,1-5H3,(H,16,19)(H,17,18). The lowest BCUT2D eigenvalue weighted by atomic mass is 9.84. The Morgan fingerprint density at radius 2 is 1.68 bits per heavy atom. The van der Waals surface area contributed by atoms with E-state index in [-0.39, 0.29) is 23.3 Å². The van der Waals surface area contributed by atoms with E-state index in [1.165, 1.54) is 0 Å². The molecule has 0 aliphatic heterocycles. The van der Waals surface area contributed by atoms with Gasteiger partial charge in [-0.2, -0.15) is 0 Å². The maximum absolute atomic E-state index is 12.0. The Morgan fingerprint density at radius 1 is 1.11 bits per heavy atom. The second-order valence-corrected chi connectivity index (χ2v) is 5.70. The average molecular weight is 270 g/mol. The second-order valence-electron chi connectivity index (χ2n) is 5.70. The zero-order valence-corrected chi connectivity index (χ0v) is 13.1. The molecule has 4 heteroatoms. The van der Waals surface area contributed by atoms with Gasteiger partial charge in [0, 0.05) is 24.4 Å². The van der Waals surface area contributed by atoms with Gasteiger partial charge >= 0.3 is 0 Å². The summed E-state index contributed by atoms with van der Waals surface area (Å²) in [6.07, 6.45) is 3.90. The van der Waals surface area contributed by atoms with Crippen LogP contribution in [0.15, 0.2) is 0 Å². The Hall–Kier alpha value is -1.06. The van der Waals surface area contributed by atoms with Crippen LogP contribution in [0.2, 0.25) is 0 Å². The van der Waals surface area contributed by atoms with Crippen molar-refractivity contribution < 1.29 is 9.59 Å². The van der Waals surface area contributed by atoms with Crippen molar-refractivity contribution in [3.05, 3.63) is 0 Å². The molecule has 0 heterocycles. The van der Waals surface area contributed by atoms with E-state index in [9.17, 15) is 9.59 Å². The molecule has 0 aromatic heterocycles. The maximum atomic E-state index is 12.0. The number of rotatable bonds is 9. The van der Waals surface area contributed by atoms with Crippen molar-refractivity contribution in [1.82, 2.24) is 10.6 Å². The molecule has 0 aliphatic carbocycles. The van der Waals surface area contributed by atoms with Crippen LogP contribution in [0.1, 0.15) is 66.7 Å². The molecule has 0 unspecified atom stereocenters. The van der Waals surface area contributed by atoms with Gasteiger partial charge in [-0.25, -0.2) is 0 Å². The van der Waals surface area contributed by atoms with E-state index >= 15 is 0 Å². The summed E-state index contributed by atoms with van der Waals surface area (Å²) in [5, 5.41) is 5.83. The fraction of sp³-hybridized carbons (Fsp3) is 0.867. The molecule has 4 nitrogen and oxygen atoms in total. The van der Waals surface area contributed by atoms with Gasteiger partial charge in [0.05, 0.1) is 0 Å². The number of hydrogen-bond donors (Lipinski definition) is 2. The molecule has 0 bridgehead atoms. The van der Waals surface area contributed by atoms with Gasteiger partial charge in [0.15, 0.2) is 0 Å². The number of hydrogen-bond acceptors (Lipinski definition) is 2. The van der Waals surface area contributed by atoms with Crippen LogP contribution in [0.25, 0.3) is 0 Å². The highest BCUT2D eigenvalue weighted by Gasteiger charge is 2.28. The SMILES string of the molecule is CCC(C)(CC)C(=O)NCCCCC(=O)NC(C)C. The third kappa shape index (κ3) is 7.19. The summed E-state index contributed by atoms with van der Waals surface area (Å²) in [6, 6.07) is 0.196. The molecule has 0 spiro atoms. The van der Waals surface area contributed by atoms with Gasteiger partial charge in [-0.1, -0.05) is 20.8 Å². The molecule has 2 amide bonds. The molecule has 0 aliphatic rings. The molecular weight excluding hydrogens is 240 g/mol. The highest BCUT2D eigenvalue weighted by Crippen LogP contribution is 2.25. The van der Waals surface area contributed by atoms with Crippen molar-refractivity contribution >= 4 is 11.8 Å². The van der Waals surface area contributed by atoms with Gasteiger partial charge in [0.2, 0.25) is 11.8 Å². The summed E-state index contributed by atoms with van der Waals surface area (Å²) in [7, 11) is 0. The van der Waals surface area contributed by atoms with Gasteiger partial charge < -0.3 is 10.6 Å². The van der Waals surface area contributed by atoms with Gasteiger partial charge in [-0.05, 0) is 39.5 Å². The quantitative estimate of drug-likeness (QED) is 0.633. The predicted molar refractivity (Wildman–Crippen MR) is 78.8 cm³/mol. The first-order valence-corrected chi connectivity index (χ1v) is 7.43. The lowest BCUT2D eigenvalue weighted by Crippen LogP contribution is -2.38. The zero-order valence-electron chi connectivity index (χ0n) is 13.1. The maximum Gasteiger partial charge on any atom is 0.225 e. The molecule has 0 rings (SSSR count). The first kappa shape index (κ1) is 17.9. The normalized spacial score (nSPS) is 11.5. The lowest BCUT2D eigenvalue weighted by molar-refractivity contribution is -0.130. The van der Waals surface area contributed by atoms with E-state index in [1.54, 1.807) is 0 Å². The Kier molecular flexibility index (Phi) is 8.44. The monoisotopic (exact) mass is 270 g/mol. The van der Waals surface area contributed by atoms with Gasteiger partial charge in [0.25, 0.3) is 0 Å². The van der Waals surface area contributed by atoms with Crippen LogP contribution in [0, 0.1) is 5.41 Å². The molecule has 0 atom stereocenters. The molecular formula is C15H30N2O2. The van der Waals surface area contributed by atoms with Crippen LogP contribution in [0.3, 0.4) is 0 Å². The minimum atomic E-state index is -0.255. The van der Waals surface area contributed by atoms with Crippen molar-refractivity contribution in [2.45, 2.75) is 72.8 Å². The summed E-state index contributed by atoms with van der Waals surface area (Å²) in [5.41, 5.74) is -0.255. The Bertz CT molecular complexity index is 284. The third-order valence-electron chi connectivity index (χ3n) is 3.67. The van der Waals surface area contributed by atoms with Crippen molar-refractivity contribution in [1.29, 1.82) is 0 Å². The summed E-state index contributed by atoms with van der Waals surface area (Å²) >= 11 is 0. The first-order chi connectivity index (χ1) is 8.85. The van der Waals surface area contributed by atoms with E-state index < -0.39 is 0 Å².